The second-order valence-corrected chi connectivity index (χ2v) is 8.56. The first-order chi connectivity index (χ1) is 13.2. The number of aryl methyl sites for hydroxylation is 2. The van der Waals surface area contributed by atoms with Gasteiger partial charge in [0.05, 0.1) is 17.2 Å². The Hall–Kier alpha value is -0.620. The van der Waals surface area contributed by atoms with Gasteiger partial charge in [-0.3, -0.25) is 9.89 Å². The van der Waals surface area contributed by atoms with Gasteiger partial charge in [0.1, 0.15) is 0 Å². The highest BCUT2D eigenvalue weighted by atomic mass is 127. The quantitative estimate of drug-likeness (QED) is 0.303. The van der Waals surface area contributed by atoms with Crippen LogP contribution in [0, 0.1) is 19.8 Å². The molecule has 0 bridgehead atoms. The molecule has 1 atom stereocenters. The van der Waals surface area contributed by atoms with E-state index in [1.54, 1.807) is 18.3 Å². The van der Waals surface area contributed by atoms with Crippen molar-refractivity contribution in [3.8, 4) is 0 Å². The van der Waals surface area contributed by atoms with Gasteiger partial charge in [-0.15, -0.1) is 35.3 Å². The molecule has 29 heavy (non-hydrogen) atoms. The second-order valence-electron chi connectivity index (χ2n) is 7.27. The number of nitrogens with one attached hydrogen (secondary N) is 1. The highest BCUT2D eigenvalue weighted by Gasteiger charge is 2.33. The number of hydrogen-bond acceptors (Lipinski definition) is 4. The van der Waals surface area contributed by atoms with Crippen LogP contribution in [0.3, 0.4) is 0 Å². The van der Waals surface area contributed by atoms with Crippen LogP contribution in [0.5, 0.6) is 0 Å². The van der Waals surface area contributed by atoms with E-state index >= 15 is 0 Å². The van der Waals surface area contributed by atoms with Crippen LogP contribution in [0.15, 0.2) is 4.99 Å². The summed E-state index contributed by atoms with van der Waals surface area (Å²) in [4.78, 5) is 14.1. The maximum atomic E-state index is 12.7. The van der Waals surface area contributed by atoms with E-state index in [0.29, 0.717) is 19.6 Å². The van der Waals surface area contributed by atoms with Gasteiger partial charge in [-0.2, -0.15) is 13.2 Å². The molecule has 1 aromatic heterocycles. The topological polar surface area (TPSA) is 43.8 Å². The van der Waals surface area contributed by atoms with E-state index < -0.39 is 12.7 Å². The number of aliphatic imine (C=N–C) groups is 1. The molecule has 0 aliphatic carbocycles. The molecule has 0 amide bonds. The minimum Gasteiger partial charge on any atom is -0.357 e. The molecule has 0 radical (unpaired) electrons. The molecule has 2 heterocycles. The Morgan fingerprint density at radius 1 is 1.34 bits per heavy atom. The van der Waals surface area contributed by atoms with Crippen molar-refractivity contribution in [2.75, 3.05) is 45.8 Å². The fourth-order valence-corrected chi connectivity index (χ4v) is 4.52. The van der Waals surface area contributed by atoms with Gasteiger partial charge in [0.15, 0.2) is 5.96 Å². The molecule has 1 aromatic rings. The number of likely N-dealkylation sites (tertiary alicyclic amines) is 1. The van der Waals surface area contributed by atoms with Gasteiger partial charge in [-0.05, 0) is 39.7 Å². The molecule has 2 rings (SSSR count). The molecule has 1 saturated heterocycles. The van der Waals surface area contributed by atoms with Gasteiger partial charge in [0.2, 0.25) is 0 Å². The molecule has 0 saturated carbocycles. The number of thiazole rings is 1. The van der Waals surface area contributed by atoms with Crippen LogP contribution in [0.4, 0.5) is 13.2 Å². The molecule has 168 valence electrons. The Morgan fingerprint density at radius 3 is 2.62 bits per heavy atom. The fourth-order valence-electron chi connectivity index (χ4n) is 3.59. The lowest BCUT2D eigenvalue weighted by atomic mass is 10.1. The van der Waals surface area contributed by atoms with E-state index in [4.69, 9.17) is 4.99 Å². The zero-order chi connectivity index (χ0) is 20.7. The Balaban J connectivity index is 0.00000420. The molecule has 1 unspecified atom stereocenters. The Morgan fingerprint density at radius 2 is 2.07 bits per heavy atom. The lowest BCUT2D eigenvalue weighted by Crippen LogP contribution is -2.42. The van der Waals surface area contributed by atoms with Crippen molar-refractivity contribution in [3.05, 3.63) is 15.6 Å². The predicted molar refractivity (Wildman–Crippen MR) is 125 cm³/mol. The van der Waals surface area contributed by atoms with Gasteiger partial charge in [-0.1, -0.05) is 6.92 Å². The first kappa shape index (κ1) is 26.4. The summed E-state index contributed by atoms with van der Waals surface area (Å²) in [6, 6.07) is 0. The summed E-state index contributed by atoms with van der Waals surface area (Å²) in [5, 5.41) is 4.40. The smallest absolute Gasteiger partial charge is 0.357 e. The maximum Gasteiger partial charge on any atom is 0.401 e. The molecule has 5 nitrogen and oxygen atoms in total. The highest BCUT2D eigenvalue weighted by Crippen LogP contribution is 2.22. The zero-order valence-corrected chi connectivity index (χ0v) is 20.8. The third kappa shape index (κ3) is 8.95. The monoisotopic (exact) mass is 547 g/mol. The third-order valence-electron chi connectivity index (χ3n) is 4.89. The number of guanidine groups is 1. The molecule has 0 spiro atoms. The molecule has 1 N–H and O–H groups in total. The summed E-state index contributed by atoms with van der Waals surface area (Å²) in [6.45, 7) is 10.9. The van der Waals surface area contributed by atoms with Crippen LogP contribution in [0.25, 0.3) is 0 Å². The Bertz CT molecular complexity index is 650. The lowest BCUT2D eigenvalue weighted by Gasteiger charge is -2.26. The maximum absolute atomic E-state index is 12.7. The van der Waals surface area contributed by atoms with Crippen LogP contribution in [-0.2, 0) is 6.42 Å². The van der Waals surface area contributed by atoms with E-state index in [1.807, 2.05) is 20.8 Å². The largest absolute Gasteiger partial charge is 0.401 e. The number of halogens is 4. The molecule has 10 heteroatoms. The number of alkyl halides is 3. The summed E-state index contributed by atoms with van der Waals surface area (Å²) in [6.07, 6.45) is -2.39. The lowest BCUT2D eigenvalue weighted by molar-refractivity contribution is -0.146. The highest BCUT2D eigenvalue weighted by molar-refractivity contribution is 14.0. The average molecular weight is 547 g/mol. The molecule has 1 fully saturated rings. The fraction of sp³-hybridized carbons (Fsp3) is 0.789. The average Bonchev–Trinajstić information content (AvgIpc) is 3.18. The van der Waals surface area contributed by atoms with E-state index in [9.17, 15) is 13.2 Å². The van der Waals surface area contributed by atoms with Crippen molar-refractivity contribution in [1.82, 2.24) is 20.1 Å². The Labute approximate surface area is 193 Å². The van der Waals surface area contributed by atoms with Gasteiger partial charge >= 0.3 is 6.18 Å². The van der Waals surface area contributed by atoms with Crippen molar-refractivity contribution in [3.63, 3.8) is 0 Å². The summed E-state index contributed by atoms with van der Waals surface area (Å²) >= 11 is 1.71. The van der Waals surface area contributed by atoms with E-state index in [0.717, 1.165) is 49.1 Å². The van der Waals surface area contributed by atoms with Gasteiger partial charge in [0.25, 0.3) is 0 Å². The molecular weight excluding hydrogens is 514 g/mol. The first-order valence-corrected chi connectivity index (χ1v) is 10.8. The van der Waals surface area contributed by atoms with Crippen molar-refractivity contribution < 1.29 is 13.2 Å². The van der Waals surface area contributed by atoms with E-state index in [-0.39, 0.29) is 29.9 Å². The molecular formula is C19H33F3IN5S. The number of rotatable bonds is 8. The van der Waals surface area contributed by atoms with Crippen molar-refractivity contribution in [2.24, 2.45) is 10.9 Å². The number of hydrogen-bond donors (Lipinski definition) is 1. The first-order valence-electron chi connectivity index (χ1n) is 9.97. The van der Waals surface area contributed by atoms with Gasteiger partial charge in [0, 0.05) is 44.0 Å². The normalized spacial score (nSPS) is 17.7. The zero-order valence-electron chi connectivity index (χ0n) is 17.7. The van der Waals surface area contributed by atoms with Crippen molar-refractivity contribution in [1.29, 1.82) is 0 Å². The van der Waals surface area contributed by atoms with Crippen molar-refractivity contribution >= 4 is 41.3 Å². The summed E-state index contributed by atoms with van der Waals surface area (Å²) in [7, 11) is 0. The number of aromatic nitrogens is 1. The van der Waals surface area contributed by atoms with Crippen LogP contribution in [0.2, 0.25) is 0 Å². The van der Waals surface area contributed by atoms with Crippen LogP contribution < -0.4 is 5.32 Å². The van der Waals surface area contributed by atoms with Gasteiger partial charge in [-0.25, -0.2) is 4.98 Å². The van der Waals surface area contributed by atoms with Crippen LogP contribution >= 0.6 is 35.3 Å². The minimum atomic E-state index is -4.14. The van der Waals surface area contributed by atoms with E-state index in [2.05, 4.69) is 15.2 Å². The minimum absolute atomic E-state index is 0. The summed E-state index contributed by atoms with van der Waals surface area (Å²) in [5.74, 6) is 1.10. The summed E-state index contributed by atoms with van der Waals surface area (Å²) in [5.41, 5.74) is 1.08. The second kappa shape index (κ2) is 12.3. The predicted octanol–water partition coefficient (Wildman–Crippen LogP) is 4.09. The summed E-state index contributed by atoms with van der Waals surface area (Å²) < 4.78 is 38.1. The third-order valence-corrected chi connectivity index (χ3v) is 6.02. The van der Waals surface area contributed by atoms with E-state index in [1.165, 1.54) is 9.78 Å². The standard InChI is InChI=1S/C19H32F3N5S.HI/c1-5-23-18(24-9-7-17-14(3)25-15(4)28-17)27-10-8-16(12-27)11-26(6-2)13-19(20,21)22;/h16H,5-13H2,1-4H3,(H,23,24);1H. The van der Waals surface area contributed by atoms with Crippen LogP contribution in [-0.4, -0.2) is 72.7 Å². The van der Waals surface area contributed by atoms with Crippen molar-refractivity contribution in [2.45, 2.75) is 46.7 Å². The molecule has 1 aliphatic heterocycles. The van der Waals surface area contributed by atoms with Gasteiger partial charge < -0.3 is 10.2 Å². The number of nitrogens with zero attached hydrogens (tertiary/aromatic N) is 4. The molecule has 1 aliphatic rings. The van der Waals surface area contributed by atoms with Crippen LogP contribution in [0.1, 0.15) is 35.8 Å². The SMILES string of the molecule is CCNC(=NCCc1sc(C)nc1C)N1CCC(CN(CC)CC(F)(F)F)C1.I. The molecule has 0 aromatic carbocycles. The Kier molecular flexibility index (Phi) is 11.2.